The second-order valence-electron chi connectivity index (χ2n) is 8.72. The molecule has 3 rings (SSSR count). The minimum Gasteiger partial charge on any atom is -0.464 e. The predicted molar refractivity (Wildman–Crippen MR) is 137 cm³/mol. The molecule has 0 saturated heterocycles. The van der Waals surface area contributed by atoms with Crippen molar-refractivity contribution in [1.82, 2.24) is 9.88 Å². The van der Waals surface area contributed by atoms with Crippen LogP contribution >= 0.6 is 0 Å². The molecule has 2 aromatic carbocycles. The molecule has 0 aliphatic rings. The Morgan fingerprint density at radius 1 is 1.00 bits per heavy atom. The highest BCUT2D eigenvalue weighted by Crippen LogP contribution is 2.14. The summed E-state index contributed by atoms with van der Waals surface area (Å²) in [7, 11) is 0. The van der Waals surface area contributed by atoms with Crippen LogP contribution in [0.4, 0.5) is 0 Å². The number of ketones is 1. The molecule has 0 aliphatic heterocycles. The van der Waals surface area contributed by atoms with Crippen LogP contribution in [0.3, 0.4) is 0 Å². The molecular weight excluding hydrogens is 440 g/mol. The van der Waals surface area contributed by atoms with E-state index < -0.39 is 12.0 Å². The van der Waals surface area contributed by atoms with Crippen molar-refractivity contribution in [1.29, 1.82) is 0 Å². The van der Waals surface area contributed by atoms with Crippen LogP contribution in [-0.2, 0) is 16.1 Å². The van der Waals surface area contributed by atoms with E-state index in [0.717, 1.165) is 11.1 Å². The van der Waals surface area contributed by atoms with Crippen molar-refractivity contribution in [2.24, 2.45) is 5.92 Å². The third-order valence-corrected chi connectivity index (χ3v) is 5.63. The van der Waals surface area contributed by atoms with Crippen molar-refractivity contribution >= 4 is 23.7 Å². The van der Waals surface area contributed by atoms with Gasteiger partial charge in [-0.1, -0.05) is 68.0 Å². The summed E-state index contributed by atoms with van der Waals surface area (Å²) in [5.74, 6) is -0.888. The smallest absolute Gasteiger partial charge is 0.328 e. The van der Waals surface area contributed by atoms with Gasteiger partial charge in [0.2, 0.25) is 5.78 Å². The number of aryl methyl sites for hydroxylation is 1. The molecule has 6 heteroatoms. The van der Waals surface area contributed by atoms with Crippen molar-refractivity contribution in [2.45, 2.75) is 40.3 Å². The number of nitrogens with one attached hydrogen (secondary N) is 1. The van der Waals surface area contributed by atoms with Gasteiger partial charge in [0.1, 0.15) is 6.04 Å². The van der Waals surface area contributed by atoms with Gasteiger partial charge in [0.15, 0.2) is 0 Å². The van der Waals surface area contributed by atoms with Gasteiger partial charge in [-0.2, -0.15) is 0 Å². The van der Waals surface area contributed by atoms with Gasteiger partial charge in [-0.05, 0) is 49.6 Å². The number of carbonyl (C=O) groups is 3. The summed E-state index contributed by atoms with van der Waals surface area (Å²) < 4.78 is 6.97. The third kappa shape index (κ3) is 6.79. The fraction of sp³-hybridized carbons (Fsp3) is 0.276. The Kier molecular flexibility index (Phi) is 8.79. The molecule has 0 saturated carbocycles. The van der Waals surface area contributed by atoms with Crippen LogP contribution in [0.25, 0.3) is 6.08 Å². The average molecular weight is 473 g/mol. The average Bonchev–Trinajstić information content (AvgIpc) is 3.31. The quantitative estimate of drug-likeness (QED) is 0.331. The third-order valence-electron chi connectivity index (χ3n) is 5.63. The zero-order chi connectivity index (χ0) is 25.4. The Balaban J connectivity index is 1.68. The molecule has 0 radical (unpaired) electrons. The summed E-state index contributed by atoms with van der Waals surface area (Å²) in [5.41, 5.74) is 3.68. The SMILES string of the molecule is CCOC(=O)[C@@H](NC(=O)c1cccc(/C=C/Cn2cccc2C(=O)c2ccc(C)cc2)c1)C(C)C. The zero-order valence-electron chi connectivity index (χ0n) is 20.7. The van der Waals surface area contributed by atoms with E-state index in [0.29, 0.717) is 23.4 Å². The predicted octanol–water partition coefficient (Wildman–Crippen LogP) is 5.06. The van der Waals surface area contributed by atoms with Crippen LogP contribution in [0.15, 0.2) is 72.9 Å². The van der Waals surface area contributed by atoms with Gasteiger partial charge in [0.05, 0.1) is 12.3 Å². The molecule has 1 atom stereocenters. The minimum absolute atomic E-state index is 0.0247. The molecule has 0 bridgehead atoms. The van der Waals surface area contributed by atoms with Crippen molar-refractivity contribution in [3.05, 3.63) is 101 Å². The molecular formula is C29H32N2O4. The number of benzene rings is 2. The first-order valence-electron chi connectivity index (χ1n) is 11.8. The van der Waals surface area contributed by atoms with Gasteiger partial charge < -0.3 is 14.6 Å². The van der Waals surface area contributed by atoms with Crippen LogP contribution in [-0.4, -0.2) is 34.9 Å². The molecule has 0 spiro atoms. The highest BCUT2D eigenvalue weighted by atomic mass is 16.5. The highest BCUT2D eigenvalue weighted by Gasteiger charge is 2.25. The second kappa shape index (κ2) is 12.0. The monoisotopic (exact) mass is 472 g/mol. The van der Waals surface area contributed by atoms with Gasteiger partial charge in [0, 0.05) is 23.9 Å². The highest BCUT2D eigenvalue weighted by molar-refractivity contribution is 6.08. The number of esters is 1. The van der Waals surface area contributed by atoms with E-state index in [4.69, 9.17) is 4.74 Å². The van der Waals surface area contributed by atoms with E-state index in [2.05, 4.69) is 5.32 Å². The molecule has 182 valence electrons. The summed E-state index contributed by atoms with van der Waals surface area (Å²) in [5, 5.41) is 2.78. The lowest BCUT2D eigenvalue weighted by Gasteiger charge is -2.20. The molecule has 1 aromatic heterocycles. The largest absolute Gasteiger partial charge is 0.464 e. The van der Waals surface area contributed by atoms with E-state index in [-0.39, 0.29) is 24.2 Å². The number of rotatable bonds is 10. The van der Waals surface area contributed by atoms with Crippen molar-refractivity contribution in [3.63, 3.8) is 0 Å². The molecule has 3 aromatic rings. The van der Waals surface area contributed by atoms with Crippen molar-refractivity contribution in [3.8, 4) is 0 Å². The Morgan fingerprint density at radius 2 is 1.74 bits per heavy atom. The lowest BCUT2D eigenvalue weighted by atomic mass is 10.0. The number of amides is 1. The van der Waals surface area contributed by atoms with E-state index >= 15 is 0 Å². The van der Waals surface area contributed by atoms with E-state index in [1.807, 2.05) is 86.2 Å². The van der Waals surface area contributed by atoms with E-state index in [1.54, 1.807) is 25.1 Å². The van der Waals surface area contributed by atoms with Gasteiger partial charge in [-0.15, -0.1) is 0 Å². The Bertz CT molecular complexity index is 1210. The molecule has 35 heavy (non-hydrogen) atoms. The van der Waals surface area contributed by atoms with Crippen molar-refractivity contribution < 1.29 is 19.1 Å². The number of ether oxygens (including phenoxy) is 1. The number of nitrogens with zero attached hydrogens (tertiary/aromatic N) is 1. The maximum absolute atomic E-state index is 12.9. The topological polar surface area (TPSA) is 77.4 Å². The molecule has 6 nitrogen and oxygen atoms in total. The fourth-order valence-corrected chi connectivity index (χ4v) is 3.67. The maximum atomic E-state index is 12.9. The van der Waals surface area contributed by atoms with Crippen molar-refractivity contribution in [2.75, 3.05) is 6.61 Å². The number of hydrogen-bond acceptors (Lipinski definition) is 4. The first kappa shape index (κ1) is 25.7. The van der Waals surface area contributed by atoms with Gasteiger partial charge in [-0.3, -0.25) is 9.59 Å². The fourth-order valence-electron chi connectivity index (χ4n) is 3.67. The Morgan fingerprint density at radius 3 is 2.43 bits per heavy atom. The second-order valence-corrected chi connectivity index (χ2v) is 8.72. The lowest BCUT2D eigenvalue weighted by molar-refractivity contribution is -0.146. The zero-order valence-corrected chi connectivity index (χ0v) is 20.7. The normalized spacial score (nSPS) is 12.0. The molecule has 1 N–H and O–H groups in total. The minimum atomic E-state index is -0.708. The van der Waals surface area contributed by atoms with Gasteiger partial charge in [-0.25, -0.2) is 4.79 Å². The number of allylic oxidation sites excluding steroid dienone is 1. The summed E-state index contributed by atoms with van der Waals surface area (Å²) in [6.45, 7) is 8.22. The molecule has 1 amide bonds. The first-order valence-corrected chi connectivity index (χ1v) is 11.8. The first-order chi connectivity index (χ1) is 16.8. The van der Waals surface area contributed by atoms with E-state index in [9.17, 15) is 14.4 Å². The summed E-state index contributed by atoms with van der Waals surface area (Å²) >= 11 is 0. The molecule has 0 fully saturated rings. The lowest BCUT2D eigenvalue weighted by Crippen LogP contribution is -2.45. The Labute approximate surface area is 206 Å². The van der Waals surface area contributed by atoms with Crippen LogP contribution in [0.1, 0.15) is 58.3 Å². The number of carbonyl (C=O) groups excluding carboxylic acids is 3. The van der Waals surface area contributed by atoms with Crippen LogP contribution in [0, 0.1) is 12.8 Å². The van der Waals surface area contributed by atoms with Gasteiger partial charge in [0.25, 0.3) is 5.91 Å². The summed E-state index contributed by atoms with van der Waals surface area (Å²) in [4.78, 5) is 37.8. The summed E-state index contributed by atoms with van der Waals surface area (Å²) in [6.07, 6.45) is 5.72. The standard InChI is InChI=1S/C29H32N2O4/c1-5-35-29(34)26(20(2)3)30-28(33)24-11-6-9-22(19-24)10-7-17-31-18-8-12-25(31)27(32)23-15-13-21(4)14-16-23/h6-16,18-20,26H,5,17H2,1-4H3,(H,30,33)/b10-7+/t26-/m0/s1. The Hall–Kier alpha value is -3.93. The van der Waals surface area contributed by atoms with Crippen LogP contribution in [0.5, 0.6) is 0 Å². The van der Waals surface area contributed by atoms with Gasteiger partial charge >= 0.3 is 5.97 Å². The number of aromatic nitrogens is 1. The maximum Gasteiger partial charge on any atom is 0.328 e. The number of hydrogen-bond donors (Lipinski definition) is 1. The molecule has 0 unspecified atom stereocenters. The summed E-state index contributed by atoms with van der Waals surface area (Å²) in [6, 6.07) is 17.7. The molecule has 0 aliphatic carbocycles. The van der Waals surface area contributed by atoms with Crippen LogP contribution < -0.4 is 5.32 Å². The van der Waals surface area contributed by atoms with E-state index in [1.165, 1.54) is 0 Å². The van der Waals surface area contributed by atoms with Crippen LogP contribution in [0.2, 0.25) is 0 Å². The molecule has 1 heterocycles.